The van der Waals surface area contributed by atoms with E-state index in [1.807, 2.05) is 30.3 Å². The number of hydrogen-bond acceptors (Lipinski definition) is 6. The molecule has 1 N–H and O–H groups in total. The minimum atomic E-state index is -3.75. The summed E-state index contributed by atoms with van der Waals surface area (Å²) < 4.78 is 46.0. The summed E-state index contributed by atoms with van der Waals surface area (Å²) in [5.74, 6) is -0.825. The van der Waals surface area contributed by atoms with E-state index in [-0.39, 0.29) is 28.9 Å². The van der Waals surface area contributed by atoms with Crippen LogP contribution in [0.2, 0.25) is 0 Å². The number of benzene rings is 3. The number of anilines is 1. The lowest BCUT2D eigenvalue weighted by Crippen LogP contribution is -2.30. The quantitative estimate of drug-likeness (QED) is 0.402. The zero-order chi connectivity index (χ0) is 24.1. The van der Waals surface area contributed by atoms with E-state index in [2.05, 4.69) is 15.5 Å². The number of nitrogens with one attached hydrogen (secondary N) is 1. The highest BCUT2D eigenvalue weighted by Crippen LogP contribution is 2.22. The van der Waals surface area contributed by atoms with Crippen LogP contribution in [-0.2, 0) is 16.6 Å². The number of aromatic nitrogens is 2. The molecule has 0 radical (unpaired) electrons. The molecule has 0 unspecified atom stereocenters. The summed E-state index contributed by atoms with van der Waals surface area (Å²) in [5, 5.41) is 10.1. The molecule has 1 amide bonds. The van der Waals surface area contributed by atoms with Crippen molar-refractivity contribution >= 4 is 21.9 Å². The summed E-state index contributed by atoms with van der Waals surface area (Å²) in [6.07, 6.45) is 0. The first-order valence-corrected chi connectivity index (χ1v) is 11.9. The molecule has 0 spiro atoms. The molecule has 0 aliphatic heterocycles. The Balaban J connectivity index is 1.45. The molecule has 8 nitrogen and oxygen atoms in total. The third-order valence-electron chi connectivity index (χ3n) is 5.05. The largest absolute Gasteiger partial charge is 0.403 e. The SMILES string of the molecule is CCN(Cc1ccccc1)S(=O)(=O)c1ccc(C(=O)Nc2nnc(-c3ccc(F)cc3)o2)cc1. The molecule has 1 heterocycles. The van der Waals surface area contributed by atoms with E-state index in [1.54, 1.807) is 6.92 Å². The van der Waals surface area contributed by atoms with Gasteiger partial charge in [0.2, 0.25) is 15.9 Å². The van der Waals surface area contributed by atoms with E-state index >= 15 is 0 Å². The molecular formula is C24H21FN4O4S. The van der Waals surface area contributed by atoms with Crippen LogP contribution in [0.3, 0.4) is 0 Å². The van der Waals surface area contributed by atoms with Crippen molar-refractivity contribution in [2.24, 2.45) is 0 Å². The fourth-order valence-electron chi connectivity index (χ4n) is 3.23. The van der Waals surface area contributed by atoms with Gasteiger partial charge in [0, 0.05) is 24.2 Å². The van der Waals surface area contributed by atoms with Crippen molar-refractivity contribution in [2.75, 3.05) is 11.9 Å². The summed E-state index contributed by atoms with van der Waals surface area (Å²) in [6, 6.07) is 20.2. The number of rotatable bonds is 8. The average Bonchev–Trinajstić information content (AvgIpc) is 3.32. The number of halogens is 1. The third-order valence-corrected chi connectivity index (χ3v) is 6.98. The van der Waals surface area contributed by atoms with Gasteiger partial charge in [0.15, 0.2) is 0 Å². The van der Waals surface area contributed by atoms with Gasteiger partial charge < -0.3 is 4.42 Å². The Morgan fingerprint density at radius 1 is 0.971 bits per heavy atom. The zero-order valence-corrected chi connectivity index (χ0v) is 19.0. The van der Waals surface area contributed by atoms with Crippen LogP contribution in [-0.4, -0.2) is 35.4 Å². The summed E-state index contributed by atoms with van der Waals surface area (Å²) >= 11 is 0. The maximum atomic E-state index is 13.1. The fraction of sp³-hybridized carbons (Fsp3) is 0.125. The Morgan fingerprint density at radius 3 is 2.29 bits per heavy atom. The predicted octanol–water partition coefficient (Wildman–Crippen LogP) is 4.34. The van der Waals surface area contributed by atoms with E-state index in [0.29, 0.717) is 12.1 Å². The number of carbonyl (C=O) groups excluding carboxylic acids is 1. The second-order valence-electron chi connectivity index (χ2n) is 7.31. The normalized spacial score (nSPS) is 11.5. The van der Waals surface area contributed by atoms with Gasteiger partial charge >= 0.3 is 6.01 Å². The molecule has 1 aromatic heterocycles. The van der Waals surface area contributed by atoms with Crippen molar-refractivity contribution in [3.05, 3.63) is 95.8 Å². The number of hydrogen-bond donors (Lipinski definition) is 1. The van der Waals surface area contributed by atoms with E-state index in [9.17, 15) is 17.6 Å². The minimum absolute atomic E-state index is 0.0817. The molecule has 10 heteroatoms. The fourth-order valence-corrected chi connectivity index (χ4v) is 4.67. The van der Waals surface area contributed by atoms with Gasteiger partial charge in [0.25, 0.3) is 5.91 Å². The van der Waals surface area contributed by atoms with Crippen molar-refractivity contribution in [1.29, 1.82) is 0 Å². The van der Waals surface area contributed by atoms with Gasteiger partial charge in [0.1, 0.15) is 5.82 Å². The van der Waals surface area contributed by atoms with Crippen molar-refractivity contribution in [3.8, 4) is 11.5 Å². The van der Waals surface area contributed by atoms with E-state index in [4.69, 9.17) is 4.42 Å². The van der Waals surface area contributed by atoms with Gasteiger partial charge in [-0.2, -0.15) is 4.31 Å². The van der Waals surface area contributed by atoms with Crippen LogP contribution in [0.5, 0.6) is 0 Å². The highest BCUT2D eigenvalue weighted by atomic mass is 32.2. The Kier molecular flexibility index (Phi) is 6.80. The highest BCUT2D eigenvalue weighted by molar-refractivity contribution is 7.89. The summed E-state index contributed by atoms with van der Waals surface area (Å²) in [5.41, 5.74) is 1.59. The molecule has 4 aromatic rings. The van der Waals surface area contributed by atoms with Crippen LogP contribution >= 0.6 is 0 Å². The number of nitrogens with zero attached hydrogens (tertiary/aromatic N) is 3. The van der Waals surface area contributed by atoms with E-state index in [1.165, 1.54) is 52.8 Å². The van der Waals surface area contributed by atoms with E-state index in [0.717, 1.165) is 5.56 Å². The van der Waals surface area contributed by atoms with Gasteiger partial charge in [-0.3, -0.25) is 10.1 Å². The van der Waals surface area contributed by atoms with Gasteiger partial charge in [-0.15, -0.1) is 5.10 Å². The average molecular weight is 481 g/mol. The van der Waals surface area contributed by atoms with Gasteiger partial charge in [-0.05, 0) is 54.1 Å². The molecule has 0 fully saturated rings. The molecule has 4 rings (SSSR count). The molecule has 174 valence electrons. The second kappa shape index (κ2) is 9.94. The van der Waals surface area contributed by atoms with Crippen LogP contribution < -0.4 is 5.32 Å². The first-order chi connectivity index (χ1) is 16.4. The maximum Gasteiger partial charge on any atom is 0.322 e. The second-order valence-corrected chi connectivity index (χ2v) is 9.25. The molecule has 0 atom stereocenters. The Hall–Kier alpha value is -3.89. The first-order valence-electron chi connectivity index (χ1n) is 10.4. The molecule has 3 aromatic carbocycles. The summed E-state index contributed by atoms with van der Waals surface area (Å²) in [7, 11) is -3.75. The number of amides is 1. The molecule has 34 heavy (non-hydrogen) atoms. The van der Waals surface area contributed by atoms with Gasteiger partial charge in [-0.1, -0.05) is 42.4 Å². The van der Waals surface area contributed by atoms with Crippen molar-refractivity contribution < 1.29 is 22.0 Å². The van der Waals surface area contributed by atoms with Crippen LogP contribution in [0.1, 0.15) is 22.8 Å². The lowest BCUT2D eigenvalue weighted by molar-refractivity contribution is 0.102. The molecule has 0 bridgehead atoms. The number of sulfonamides is 1. The zero-order valence-electron chi connectivity index (χ0n) is 18.2. The van der Waals surface area contributed by atoms with Crippen LogP contribution in [0.25, 0.3) is 11.5 Å². The topological polar surface area (TPSA) is 105 Å². The molecule has 0 saturated heterocycles. The lowest BCUT2D eigenvalue weighted by Gasteiger charge is -2.20. The maximum absolute atomic E-state index is 13.1. The summed E-state index contributed by atoms with van der Waals surface area (Å²) in [4.78, 5) is 12.6. The Labute approximate surface area is 196 Å². The predicted molar refractivity (Wildman–Crippen MR) is 124 cm³/mol. The van der Waals surface area contributed by atoms with Crippen molar-refractivity contribution in [3.63, 3.8) is 0 Å². The van der Waals surface area contributed by atoms with E-state index < -0.39 is 21.7 Å². The molecule has 0 saturated carbocycles. The standard InChI is InChI=1S/C24H21FN4O4S/c1-2-29(16-17-6-4-3-5-7-17)34(31,32)21-14-10-18(11-15-21)22(30)26-24-28-27-23(33-24)19-8-12-20(25)13-9-19/h3-15H,2,16H2,1H3,(H,26,28,30). The Morgan fingerprint density at radius 2 is 1.65 bits per heavy atom. The van der Waals surface area contributed by atoms with Crippen LogP contribution in [0.15, 0.2) is 88.2 Å². The highest BCUT2D eigenvalue weighted by Gasteiger charge is 2.23. The molecule has 0 aliphatic carbocycles. The van der Waals surface area contributed by atoms with Gasteiger partial charge in [-0.25, -0.2) is 12.8 Å². The van der Waals surface area contributed by atoms with Crippen molar-refractivity contribution in [1.82, 2.24) is 14.5 Å². The monoisotopic (exact) mass is 480 g/mol. The summed E-state index contributed by atoms with van der Waals surface area (Å²) in [6.45, 7) is 2.31. The van der Waals surface area contributed by atoms with Crippen molar-refractivity contribution in [2.45, 2.75) is 18.4 Å². The Bertz CT molecular complexity index is 1370. The lowest BCUT2D eigenvalue weighted by atomic mass is 10.2. The van der Waals surface area contributed by atoms with Gasteiger partial charge in [0.05, 0.1) is 4.90 Å². The molecular weight excluding hydrogens is 459 g/mol. The minimum Gasteiger partial charge on any atom is -0.403 e. The number of carbonyl (C=O) groups is 1. The van der Waals surface area contributed by atoms with Crippen LogP contribution in [0, 0.1) is 5.82 Å². The third kappa shape index (κ3) is 5.19. The smallest absolute Gasteiger partial charge is 0.322 e. The first kappa shape index (κ1) is 23.3. The molecule has 0 aliphatic rings. The van der Waals surface area contributed by atoms with Crippen LogP contribution in [0.4, 0.5) is 10.4 Å².